The van der Waals surface area contributed by atoms with Crippen molar-refractivity contribution in [1.29, 1.82) is 0 Å². The molecule has 1 aromatic heterocycles. The zero-order valence-corrected chi connectivity index (χ0v) is 19.8. The van der Waals surface area contributed by atoms with Crippen molar-refractivity contribution in [2.75, 3.05) is 26.3 Å². The SMILES string of the molecule is O=CC1NC(c2ccc(OCc3oc(C4CCCCC4)nc3CN3CCOCC3)cc2Cl)=NO1. The predicted molar refractivity (Wildman–Crippen MR) is 125 cm³/mol. The summed E-state index contributed by atoms with van der Waals surface area (Å²) in [6.45, 7) is 4.24. The summed E-state index contributed by atoms with van der Waals surface area (Å²) in [5.74, 6) is 3.00. The average molecular weight is 489 g/mol. The highest BCUT2D eigenvalue weighted by Crippen LogP contribution is 2.34. The molecule has 0 spiro atoms. The maximum absolute atomic E-state index is 10.9. The quantitative estimate of drug-likeness (QED) is 0.563. The molecule has 1 saturated heterocycles. The molecule has 1 aromatic carbocycles. The van der Waals surface area contributed by atoms with Gasteiger partial charge in [-0.2, -0.15) is 0 Å². The molecule has 1 N–H and O–H groups in total. The summed E-state index contributed by atoms with van der Waals surface area (Å²) < 4.78 is 17.8. The second kappa shape index (κ2) is 10.8. The van der Waals surface area contributed by atoms with E-state index in [4.69, 9.17) is 35.3 Å². The lowest BCUT2D eigenvalue weighted by Gasteiger charge is -2.25. The molecule has 34 heavy (non-hydrogen) atoms. The van der Waals surface area contributed by atoms with Crippen molar-refractivity contribution in [3.05, 3.63) is 46.1 Å². The first-order valence-electron chi connectivity index (χ1n) is 11.9. The topological polar surface area (TPSA) is 98.4 Å². The molecule has 1 atom stereocenters. The monoisotopic (exact) mass is 488 g/mol. The number of oxazole rings is 1. The fraction of sp³-hybridized carbons (Fsp3) is 0.542. The molecule has 5 rings (SSSR count). The van der Waals surface area contributed by atoms with E-state index in [2.05, 4.69) is 15.4 Å². The van der Waals surface area contributed by atoms with Gasteiger partial charge in [0.1, 0.15) is 18.1 Å². The fourth-order valence-electron chi connectivity index (χ4n) is 4.54. The summed E-state index contributed by atoms with van der Waals surface area (Å²) in [6.07, 6.45) is 5.83. The van der Waals surface area contributed by atoms with E-state index in [9.17, 15) is 4.79 Å². The third-order valence-electron chi connectivity index (χ3n) is 6.45. The summed E-state index contributed by atoms with van der Waals surface area (Å²) >= 11 is 6.45. The molecule has 0 amide bonds. The van der Waals surface area contributed by atoms with Crippen molar-refractivity contribution in [2.45, 2.75) is 57.4 Å². The molecule has 3 heterocycles. The fourth-order valence-corrected chi connectivity index (χ4v) is 4.80. The molecule has 1 aliphatic carbocycles. The number of hydrogen-bond donors (Lipinski definition) is 1. The zero-order chi connectivity index (χ0) is 23.3. The second-order valence-electron chi connectivity index (χ2n) is 8.82. The van der Waals surface area contributed by atoms with Crippen LogP contribution in [-0.2, 0) is 27.5 Å². The molecule has 0 radical (unpaired) electrons. The highest BCUT2D eigenvalue weighted by molar-refractivity contribution is 6.34. The highest BCUT2D eigenvalue weighted by Gasteiger charge is 2.25. The summed E-state index contributed by atoms with van der Waals surface area (Å²) in [5.41, 5.74) is 1.57. The molecule has 182 valence electrons. The molecule has 2 aromatic rings. The number of nitrogens with zero attached hydrogens (tertiary/aromatic N) is 3. The van der Waals surface area contributed by atoms with E-state index in [0.717, 1.165) is 63.0 Å². The van der Waals surface area contributed by atoms with Crippen LogP contribution in [0.25, 0.3) is 0 Å². The average Bonchev–Trinajstić information content (AvgIpc) is 3.51. The minimum atomic E-state index is -0.795. The Hall–Kier alpha value is -2.62. The largest absolute Gasteiger partial charge is 0.486 e. The van der Waals surface area contributed by atoms with Crippen LogP contribution < -0.4 is 10.1 Å². The number of amidine groups is 1. The first-order valence-corrected chi connectivity index (χ1v) is 12.2. The molecule has 2 fully saturated rings. The Bertz CT molecular complexity index is 1030. The summed E-state index contributed by atoms with van der Waals surface area (Å²) in [7, 11) is 0. The molecular weight excluding hydrogens is 460 g/mol. The Balaban J connectivity index is 1.29. The number of carbonyl (C=O) groups excluding carboxylic acids is 1. The van der Waals surface area contributed by atoms with E-state index in [1.807, 2.05) is 0 Å². The lowest BCUT2D eigenvalue weighted by atomic mass is 9.89. The lowest BCUT2D eigenvalue weighted by molar-refractivity contribution is -0.117. The zero-order valence-electron chi connectivity index (χ0n) is 19.0. The van der Waals surface area contributed by atoms with Gasteiger partial charge in [-0.15, -0.1) is 0 Å². The third kappa shape index (κ3) is 5.37. The summed E-state index contributed by atoms with van der Waals surface area (Å²) in [5, 5.41) is 7.16. The van der Waals surface area contributed by atoms with Gasteiger partial charge in [0.25, 0.3) is 6.23 Å². The van der Waals surface area contributed by atoms with Crippen LogP contribution in [0, 0.1) is 0 Å². The molecule has 1 saturated carbocycles. The Labute approximate surface area is 203 Å². The number of oxime groups is 1. The van der Waals surface area contributed by atoms with E-state index >= 15 is 0 Å². The Morgan fingerprint density at radius 3 is 2.76 bits per heavy atom. The standard InChI is InChI=1S/C24H29ClN4O5/c25-19-12-17(6-7-18(19)23-27-22(14-30)34-28-23)32-15-21-20(13-29-8-10-31-11-9-29)26-24(33-21)16-4-2-1-3-5-16/h6-7,12,14,16,22H,1-5,8-11,13,15H2,(H,27,28). The van der Waals surface area contributed by atoms with E-state index in [-0.39, 0.29) is 6.61 Å². The number of halogens is 1. The number of aromatic nitrogens is 1. The van der Waals surface area contributed by atoms with Crippen LogP contribution in [0.3, 0.4) is 0 Å². The number of ether oxygens (including phenoxy) is 2. The molecule has 10 heteroatoms. The van der Waals surface area contributed by atoms with Gasteiger partial charge in [-0.3, -0.25) is 9.69 Å². The molecule has 1 unspecified atom stereocenters. The molecule has 9 nitrogen and oxygen atoms in total. The van der Waals surface area contributed by atoms with Gasteiger partial charge in [0.05, 0.1) is 18.2 Å². The smallest absolute Gasteiger partial charge is 0.254 e. The van der Waals surface area contributed by atoms with E-state index in [1.54, 1.807) is 18.2 Å². The van der Waals surface area contributed by atoms with Crippen molar-refractivity contribution in [3.63, 3.8) is 0 Å². The first-order chi connectivity index (χ1) is 16.7. The Morgan fingerprint density at radius 1 is 1.21 bits per heavy atom. The van der Waals surface area contributed by atoms with Crippen LogP contribution in [0.15, 0.2) is 27.8 Å². The maximum atomic E-state index is 10.9. The van der Waals surface area contributed by atoms with Gasteiger partial charge >= 0.3 is 0 Å². The number of hydrogen-bond acceptors (Lipinski definition) is 9. The molecule has 0 bridgehead atoms. The summed E-state index contributed by atoms with van der Waals surface area (Å²) in [6, 6.07) is 5.30. The number of nitrogens with one attached hydrogen (secondary N) is 1. The van der Waals surface area contributed by atoms with E-state index in [0.29, 0.717) is 34.4 Å². The second-order valence-corrected chi connectivity index (χ2v) is 9.23. The van der Waals surface area contributed by atoms with Gasteiger partial charge in [0, 0.05) is 31.1 Å². The maximum Gasteiger partial charge on any atom is 0.254 e. The molecule has 3 aliphatic rings. The van der Waals surface area contributed by atoms with Crippen molar-refractivity contribution in [1.82, 2.24) is 15.2 Å². The number of rotatable bonds is 8. The van der Waals surface area contributed by atoms with Crippen molar-refractivity contribution in [3.8, 4) is 5.75 Å². The predicted octanol–water partition coefficient (Wildman–Crippen LogP) is 3.59. The number of morpholine rings is 1. The lowest BCUT2D eigenvalue weighted by Crippen LogP contribution is -2.36. The normalized spacial score (nSPS) is 21.6. The minimum Gasteiger partial charge on any atom is -0.486 e. The van der Waals surface area contributed by atoms with Gasteiger partial charge in [-0.05, 0) is 31.0 Å². The first kappa shape index (κ1) is 23.1. The number of aldehydes is 1. The van der Waals surface area contributed by atoms with Gasteiger partial charge < -0.3 is 24.0 Å². The van der Waals surface area contributed by atoms with Crippen LogP contribution in [0.2, 0.25) is 5.02 Å². The van der Waals surface area contributed by atoms with E-state index < -0.39 is 6.23 Å². The number of benzene rings is 1. The van der Waals surface area contributed by atoms with Crippen molar-refractivity contribution < 1.29 is 23.5 Å². The van der Waals surface area contributed by atoms with Crippen LogP contribution in [0.5, 0.6) is 5.75 Å². The Kier molecular flexibility index (Phi) is 7.32. The minimum absolute atomic E-state index is 0.268. The van der Waals surface area contributed by atoms with Crippen LogP contribution in [0.4, 0.5) is 0 Å². The van der Waals surface area contributed by atoms with Gasteiger partial charge in [0.2, 0.25) is 0 Å². The molecular formula is C24H29ClN4O5. The van der Waals surface area contributed by atoms with E-state index in [1.165, 1.54) is 19.3 Å². The van der Waals surface area contributed by atoms with Gasteiger partial charge in [-0.25, -0.2) is 4.98 Å². The third-order valence-corrected chi connectivity index (χ3v) is 6.76. The van der Waals surface area contributed by atoms with Crippen LogP contribution in [0.1, 0.15) is 60.9 Å². The molecule has 2 aliphatic heterocycles. The van der Waals surface area contributed by atoms with Crippen LogP contribution in [-0.4, -0.2) is 54.5 Å². The number of carbonyl (C=O) groups is 1. The van der Waals surface area contributed by atoms with Crippen LogP contribution >= 0.6 is 11.6 Å². The van der Waals surface area contributed by atoms with Crippen molar-refractivity contribution in [2.24, 2.45) is 5.16 Å². The highest BCUT2D eigenvalue weighted by atomic mass is 35.5. The Morgan fingerprint density at radius 2 is 2.03 bits per heavy atom. The van der Waals surface area contributed by atoms with Gasteiger partial charge in [-0.1, -0.05) is 36.0 Å². The van der Waals surface area contributed by atoms with Gasteiger partial charge in [0.15, 0.2) is 23.8 Å². The van der Waals surface area contributed by atoms with Crippen molar-refractivity contribution >= 4 is 23.7 Å². The summed E-state index contributed by atoms with van der Waals surface area (Å²) in [4.78, 5) is 23.1.